The third-order valence-corrected chi connectivity index (χ3v) is 9.43. The molecule has 4 heteroatoms. The molecular weight excluding hydrogens is 316 g/mol. The first-order valence-corrected chi connectivity index (χ1v) is 10.0. The molecule has 1 aliphatic heterocycles. The Hall–Kier alpha value is -1.12. The third kappa shape index (κ3) is 1.73. The fourth-order valence-electron chi connectivity index (χ4n) is 8.05. The molecule has 1 spiro atoms. The fraction of sp³-hybridized carbons (Fsp3) is 0.857. The topological polar surface area (TPSA) is 66.9 Å². The highest BCUT2D eigenvalue weighted by atomic mass is 16.6. The zero-order valence-electron chi connectivity index (χ0n) is 15.2. The third-order valence-electron chi connectivity index (χ3n) is 9.43. The normalized spacial score (nSPS) is 56.1. The number of carboxylic acids is 1. The maximum atomic E-state index is 11.8. The van der Waals surface area contributed by atoms with Gasteiger partial charge in [-0.05, 0) is 74.5 Å². The molecule has 5 rings (SSSR count). The van der Waals surface area contributed by atoms with Gasteiger partial charge in [-0.3, -0.25) is 4.79 Å². The van der Waals surface area contributed by atoms with Crippen molar-refractivity contribution < 1.29 is 19.4 Å². The van der Waals surface area contributed by atoms with Crippen LogP contribution in [0.1, 0.15) is 65.2 Å². The van der Waals surface area contributed by atoms with Crippen molar-refractivity contribution in [3.8, 4) is 0 Å². The molecule has 5 fully saturated rings. The molecule has 136 valence electrons. The Labute approximate surface area is 149 Å². The Kier molecular flexibility index (Phi) is 3.07. The van der Waals surface area contributed by atoms with Crippen LogP contribution in [-0.2, 0) is 14.3 Å². The number of hydrogen-bond donors (Lipinski definition) is 1. The van der Waals surface area contributed by atoms with E-state index in [1.54, 1.807) is 0 Å². The van der Waals surface area contributed by atoms with Gasteiger partial charge in [-0.2, -0.15) is 0 Å². The standard InChI is InChI=1S/C21H28O4/c1-19-8-7-15-13(14(19)3-4-16(19)18(23)24)6-10-21-17(25-21)12(11-22)5-9-20(15,21)2/h13-17H,3-10H2,1-2H3,(H,23,24)/t13-,14-,15-,16+,17?,19-,20+,21?/m0/s1. The van der Waals surface area contributed by atoms with Crippen LogP contribution in [0.25, 0.3) is 0 Å². The van der Waals surface area contributed by atoms with Gasteiger partial charge in [0, 0.05) is 11.0 Å². The van der Waals surface area contributed by atoms with E-state index in [1.807, 2.05) is 0 Å². The van der Waals surface area contributed by atoms with Gasteiger partial charge >= 0.3 is 5.97 Å². The van der Waals surface area contributed by atoms with Gasteiger partial charge in [0.1, 0.15) is 17.6 Å². The molecule has 0 bridgehead atoms. The van der Waals surface area contributed by atoms with Crippen molar-refractivity contribution in [3.05, 3.63) is 5.57 Å². The van der Waals surface area contributed by atoms with Crippen molar-refractivity contribution >= 4 is 11.9 Å². The number of carbonyl (C=O) groups excluding carboxylic acids is 1. The SMILES string of the molecule is C[C@]12CC[C@H]3[C@@H](CCC45OC4C(=C=O)CC[C@]35C)[C@@H]1CC[C@@H]2C(=O)O. The van der Waals surface area contributed by atoms with E-state index < -0.39 is 5.97 Å². The van der Waals surface area contributed by atoms with E-state index in [0.29, 0.717) is 17.8 Å². The minimum atomic E-state index is -0.592. The number of carbonyl (C=O) groups is 1. The molecule has 4 aliphatic carbocycles. The molecular formula is C21H28O4. The van der Waals surface area contributed by atoms with Gasteiger partial charge in [-0.25, -0.2) is 4.79 Å². The summed E-state index contributed by atoms with van der Waals surface area (Å²) >= 11 is 0. The number of aliphatic carboxylic acids is 1. The zero-order chi connectivity index (χ0) is 17.6. The summed E-state index contributed by atoms with van der Waals surface area (Å²) in [6.45, 7) is 4.65. The Bertz CT molecular complexity index is 694. The maximum absolute atomic E-state index is 11.8. The second-order valence-corrected chi connectivity index (χ2v) is 9.86. The second-order valence-electron chi connectivity index (χ2n) is 9.86. The molecule has 4 saturated carbocycles. The quantitative estimate of drug-likeness (QED) is 0.583. The molecule has 0 amide bonds. The fourth-order valence-corrected chi connectivity index (χ4v) is 8.05. The minimum absolute atomic E-state index is 0.0216. The first-order valence-electron chi connectivity index (χ1n) is 10.0. The number of carboxylic acid groups (broad SMARTS) is 1. The molecule has 1 heterocycles. The van der Waals surface area contributed by atoms with E-state index in [4.69, 9.17) is 4.74 Å². The van der Waals surface area contributed by atoms with Crippen molar-refractivity contribution in [1.82, 2.24) is 0 Å². The first kappa shape index (κ1) is 16.1. The number of epoxide rings is 1. The van der Waals surface area contributed by atoms with Gasteiger partial charge in [0.2, 0.25) is 0 Å². The Balaban J connectivity index is 1.48. The van der Waals surface area contributed by atoms with Crippen LogP contribution in [-0.4, -0.2) is 28.7 Å². The van der Waals surface area contributed by atoms with Gasteiger partial charge in [0.25, 0.3) is 0 Å². The predicted octanol–water partition coefficient (Wildman–Crippen LogP) is 3.62. The molecule has 1 saturated heterocycles. The van der Waals surface area contributed by atoms with Crippen LogP contribution >= 0.6 is 0 Å². The van der Waals surface area contributed by atoms with Crippen LogP contribution in [0, 0.1) is 34.5 Å². The molecule has 0 radical (unpaired) electrons. The minimum Gasteiger partial charge on any atom is -0.481 e. The first-order chi connectivity index (χ1) is 11.9. The number of ether oxygens (including phenoxy) is 1. The van der Waals surface area contributed by atoms with E-state index in [0.717, 1.165) is 56.9 Å². The van der Waals surface area contributed by atoms with Crippen molar-refractivity contribution in [1.29, 1.82) is 0 Å². The predicted molar refractivity (Wildman–Crippen MR) is 91.6 cm³/mol. The lowest BCUT2D eigenvalue weighted by molar-refractivity contribution is -0.152. The zero-order valence-corrected chi connectivity index (χ0v) is 15.2. The molecule has 0 aromatic rings. The summed E-state index contributed by atoms with van der Waals surface area (Å²) in [4.78, 5) is 23.0. The van der Waals surface area contributed by atoms with Crippen LogP contribution < -0.4 is 0 Å². The molecule has 25 heavy (non-hydrogen) atoms. The molecule has 0 aromatic heterocycles. The van der Waals surface area contributed by atoms with Gasteiger partial charge in [0.15, 0.2) is 0 Å². The van der Waals surface area contributed by atoms with Crippen molar-refractivity contribution in [2.24, 2.45) is 34.5 Å². The van der Waals surface area contributed by atoms with E-state index in [-0.39, 0.29) is 28.5 Å². The smallest absolute Gasteiger partial charge is 0.307 e. The molecule has 4 nitrogen and oxygen atoms in total. The molecule has 5 aliphatic rings. The van der Waals surface area contributed by atoms with Crippen molar-refractivity contribution in [2.75, 3.05) is 0 Å². The summed E-state index contributed by atoms with van der Waals surface area (Å²) in [6.07, 6.45) is 8.11. The summed E-state index contributed by atoms with van der Waals surface area (Å²) in [5.41, 5.74) is 0.852. The van der Waals surface area contributed by atoms with Crippen LogP contribution in [0.5, 0.6) is 0 Å². The highest BCUT2D eigenvalue weighted by Crippen LogP contribution is 2.73. The molecule has 2 unspecified atom stereocenters. The van der Waals surface area contributed by atoms with E-state index in [9.17, 15) is 14.7 Å². The van der Waals surface area contributed by atoms with Crippen LogP contribution in [0.2, 0.25) is 0 Å². The van der Waals surface area contributed by atoms with Gasteiger partial charge in [0.05, 0.1) is 5.92 Å². The Morgan fingerprint density at radius 3 is 2.64 bits per heavy atom. The van der Waals surface area contributed by atoms with E-state index in [1.165, 1.54) is 0 Å². The highest BCUT2D eigenvalue weighted by molar-refractivity contribution is 5.71. The Morgan fingerprint density at radius 1 is 1.12 bits per heavy atom. The number of fused-ring (bicyclic) bond motifs is 4. The van der Waals surface area contributed by atoms with E-state index in [2.05, 4.69) is 19.8 Å². The lowest BCUT2D eigenvalue weighted by Gasteiger charge is -2.59. The lowest BCUT2D eigenvalue weighted by atomic mass is 9.44. The summed E-state index contributed by atoms with van der Waals surface area (Å²) in [6, 6.07) is 0. The van der Waals surface area contributed by atoms with Crippen molar-refractivity contribution in [2.45, 2.75) is 76.9 Å². The summed E-state index contributed by atoms with van der Waals surface area (Å²) in [7, 11) is 0. The van der Waals surface area contributed by atoms with Gasteiger partial charge in [-0.1, -0.05) is 13.8 Å². The average Bonchev–Trinajstić information content (AvgIpc) is 3.20. The monoisotopic (exact) mass is 344 g/mol. The lowest BCUT2D eigenvalue weighted by Crippen LogP contribution is -2.57. The molecule has 0 aromatic carbocycles. The highest BCUT2D eigenvalue weighted by Gasteiger charge is 2.75. The van der Waals surface area contributed by atoms with Crippen LogP contribution in [0.15, 0.2) is 5.57 Å². The largest absolute Gasteiger partial charge is 0.481 e. The van der Waals surface area contributed by atoms with Gasteiger partial charge in [-0.15, -0.1) is 0 Å². The van der Waals surface area contributed by atoms with E-state index >= 15 is 0 Å². The number of hydrogen-bond acceptors (Lipinski definition) is 3. The second kappa shape index (κ2) is 4.78. The average molecular weight is 344 g/mol. The number of rotatable bonds is 1. The van der Waals surface area contributed by atoms with Crippen LogP contribution in [0.3, 0.4) is 0 Å². The van der Waals surface area contributed by atoms with Gasteiger partial charge < -0.3 is 9.84 Å². The van der Waals surface area contributed by atoms with Crippen molar-refractivity contribution in [3.63, 3.8) is 0 Å². The Morgan fingerprint density at radius 2 is 1.92 bits per heavy atom. The molecule has 8 atom stereocenters. The van der Waals surface area contributed by atoms with Crippen LogP contribution in [0.4, 0.5) is 0 Å². The maximum Gasteiger partial charge on any atom is 0.307 e. The summed E-state index contributed by atoms with van der Waals surface area (Å²) in [5, 5.41) is 9.70. The summed E-state index contributed by atoms with van der Waals surface area (Å²) in [5.74, 6) is 3.18. The molecule has 1 N–H and O–H groups in total. The summed E-state index contributed by atoms with van der Waals surface area (Å²) < 4.78 is 6.23.